The molecule has 7 nitrogen and oxygen atoms in total. The average Bonchev–Trinajstić information content (AvgIpc) is 2.78. The molecule has 0 saturated heterocycles. The summed E-state index contributed by atoms with van der Waals surface area (Å²) in [6, 6.07) is 16.9. The number of rotatable bonds is 9. The third kappa shape index (κ3) is 6.68. The Hall–Kier alpha value is -3.62. The number of aliphatic hydroxyl groups is 2. The van der Waals surface area contributed by atoms with Crippen LogP contribution < -0.4 is 10.1 Å². The molecule has 8 heteroatoms. The third-order valence-corrected chi connectivity index (χ3v) is 4.79. The van der Waals surface area contributed by atoms with E-state index in [1.807, 2.05) is 12.1 Å². The highest BCUT2D eigenvalue weighted by atomic mass is 19.1. The number of ether oxygens (including phenoxy) is 1. The minimum atomic E-state index is -1.67. The number of aromatic nitrogens is 1. The Kier molecular flexibility index (Phi) is 7.52. The molecule has 1 atom stereocenters. The molecule has 0 unspecified atom stereocenters. The van der Waals surface area contributed by atoms with Crippen molar-refractivity contribution < 1.29 is 28.9 Å². The van der Waals surface area contributed by atoms with Crippen molar-refractivity contribution in [2.75, 3.05) is 6.61 Å². The highest BCUT2D eigenvalue weighted by Crippen LogP contribution is 2.25. The van der Waals surface area contributed by atoms with E-state index in [0.29, 0.717) is 22.9 Å². The lowest BCUT2D eigenvalue weighted by Gasteiger charge is -2.21. The lowest BCUT2D eigenvalue weighted by molar-refractivity contribution is -0.139. The van der Waals surface area contributed by atoms with Crippen LogP contribution in [0.3, 0.4) is 0 Å². The molecule has 0 aliphatic rings. The number of halogens is 1. The number of Topliss-reactive ketones (excluding diaryl/α,β-unsaturated/α-hetero) is 1. The van der Waals surface area contributed by atoms with Gasteiger partial charge in [0.2, 0.25) is 0 Å². The van der Waals surface area contributed by atoms with Gasteiger partial charge in [-0.25, -0.2) is 4.39 Å². The second-order valence-corrected chi connectivity index (χ2v) is 8.01. The first kappa shape index (κ1) is 24.0. The molecule has 2 aromatic carbocycles. The van der Waals surface area contributed by atoms with Gasteiger partial charge >= 0.3 is 0 Å². The molecule has 172 valence electrons. The lowest BCUT2D eigenvalue weighted by atomic mass is 10.0. The van der Waals surface area contributed by atoms with Gasteiger partial charge in [0.15, 0.2) is 5.78 Å². The monoisotopic (exact) mass is 452 g/mol. The molecule has 3 rings (SSSR count). The first-order chi connectivity index (χ1) is 15.7. The zero-order chi connectivity index (χ0) is 24.0. The fourth-order valence-electron chi connectivity index (χ4n) is 2.94. The van der Waals surface area contributed by atoms with Crippen LogP contribution in [-0.2, 0) is 16.0 Å². The predicted molar refractivity (Wildman–Crippen MR) is 120 cm³/mol. The van der Waals surface area contributed by atoms with Gasteiger partial charge in [0.1, 0.15) is 29.0 Å². The molecule has 1 aromatic heterocycles. The van der Waals surface area contributed by atoms with E-state index in [-0.39, 0.29) is 12.2 Å². The predicted octanol–water partition coefficient (Wildman–Crippen LogP) is 3.04. The Balaban J connectivity index is 1.68. The van der Waals surface area contributed by atoms with E-state index in [4.69, 9.17) is 4.74 Å². The molecule has 0 fully saturated rings. The number of nitrogens with zero attached hydrogens (tertiary/aromatic N) is 1. The van der Waals surface area contributed by atoms with Crippen LogP contribution in [0.25, 0.3) is 11.3 Å². The van der Waals surface area contributed by atoms with Crippen LogP contribution in [0, 0.1) is 5.82 Å². The van der Waals surface area contributed by atoms with Crippen molar-refractivity contribution in [1.82, 2.24) is 10.3 Å². The van der Waals surface area contributed by atoms with Crippen molar-refractivity contribution in [2.45, 2.75) is 31.9 Å². The largest absolute Gasteiger partial charge is 0.457 e. The molecule has 1 amide bonds. The van der Waals surface area contributed by atoms with Gasteiger partial charge in [0.25, 0.3) is 5.91 Å². The molecule has 0 spiro atoms. The minimum absolute atomic E-state index is 0.100. The van der Waals surface area contributed by atoms with E-state index in [2.05, 4.69) is 10.3 Å². The Morgan fingerprint density at radius 1 is 1.03 bits per heavy atom. The summed E-state index contributed by atoms with van der Waals surface area (Å²) in [6.07, 6.45) is -0.100. The van der Waals surface area contributed by atoms with Gasteiger partial charge in [-0.15, -0.1) is 0 Å². The Morgan fingerprint density at radius 3 is 2.21 bits per heavy atom. The van der Waals surface area contributed by atoms with Crippen molar-refractivity contribution in [1.29, 1.82) is 0 Å². The highest BCUT2D eigenvalue weighted by Gasteiger charge is 2.28. The van der Waals surface area contributed by atoms with Crippen LogP contribution in [-0.4, -0.2) is 45.1 Å². The van der Waals surface area contributed by atoms with Gasteiger partial charge in [-0.1, -0.05) is 6.07 Å². The summed E-state index contributed by atoms with van der Waals surface area (Å²) in [7, 11) is 0. The summed E-state index contributed by atoms with van der Waals surface area (Å²) < 4.78 is 18.7. The van der Waals surface area contributed by atoms with Gasteiger partial charge in [0, 0.05) is 11.3 Å². The molecular formula is C25H25FN2O5. The zero-order valence-corrected chi connectivity index (χ0v) is 18.3. The summed E-state index contributed by atoms with van der Waals surface area (Å²) >= 11 is 0. The molecule has 0 bridgehead atoms. The lowest BCUT2D eigenvalue weighted by Crippen LogP contribution is -2.51. The molecule has 0 aliphatic heterocycles. The van der Waals surface area contributed by atoms with Crippen LogP contribution >= 0.6 is 0 Å². The quantitative estimate of drug-likeness (QED) is 0.461. The second kappa shape index (κ2) is 10.3. The van der Waals surface area contributed by atoms with Crippen LogP contribution in [0.2, 0.25) is 0 Å². The topological polar surface area (TPSA) is 109 Å². The van der Waals surface area contributed by atoms with Gasteiger partial charge in [-0.05, 0) is 74.5 Å². The Morgan fingerprint density at radius 2 is 1.64 bits per heavy atom. The van der Waals surface area contributed by atoms with Crippen LogP contribution in [0.5, 0.6) is 11.5 Å². The molecule has 1 heterocycles. The number of carbonyl (C=O) groups excluding carboxylic acids is 2. The highest BCUT2D eigenvalue weighted by molar-refractivity contribution is 5.92. The third-order valence-electron chi connectivity index (χ3n) is 4.79. The number of hydrogen-bond acceptors (Lipinski definition) is 6. The van der Waals surface area contributed by atoms with Gasteiger partial charge in [0.05, 0.1) is 18.7 Å². The number of benzene rings is 2. The zero-order valence-electron chi connectivity index (χ0n) is 18.3. The first-order valence-corrected chi connectivity index (χ1v) is 10.3. The van der Waals surface area contributed by atoms with Crippen molar-refractivity contribution in [3.8, 4) is 22.8 Å². The summed E-state index contributed by atoms with van der Waals surface area (Å²) in [6.45, 7) is 2.00. The number of ketones is 1. The fraction of sp³-hybridized carbons (Fsp3) is 0.240. The minimum Gasteiger partial charge on any atom is -0.457 e. The van der Waals surface area contributed by atoms with E-state index in [1.165, 1.54) is 38.1 Å². The van der Waals surface area contributed by atoms with Gasteiger partial charge in [-0.3, -0.25) is 14.6 Å². The number of hydrogen-bond donors (Lipinski definition) is 3. The molecule has 0 radical (unpaired) electrons. The van der Waals surface area contributed by atoms with Crippen LogP contribution in [0.15, 0.2) is 66.7 Å². The molecule has 3 aromatic rings. The van der Waals surface area contributed by atoms with Crippen LogP contribution in [0.4, 0.5) is 4.39 Å². The van der Waals surface area contributed by atoms with Crippen molar-refractivity contribution in [3.63, 3.8) is 0 Å². The first-order valence-electron chi connectivity index (χ1n) is 10.3. The summed E-state index contributed by atoms with van der Waals surface area (Å²) in [4.78, 5) is 29.0. The maximum atomic E-state index is 13.0. The molecule has 0 saturated carbocycles. The van der Waals surface area contributed by atoms with Crippen molar-refractivity contribution in [2.24, 2.45) is 0 Å². The van der Waals surface area contributed by atoms with Gasteiger partial charge in [-0.2, -0.15) is 0 Å². The summed E-state index contributed by atoms with van der Waals surface area (Å²) in [5, 5.41) is 21.6. The van der Waals surface area contributed by atoms with E-state index >= 15 is 0 Å². The SMILES string of the molecule is CC(C)(O)C(=O)N[C@@H](CO)C(=O)Cc1cccc(-c2ccc(Oc3ccc(F)cc3)cc2)n1. The number of nitrogens with one attached hydrogen (secondary N) is 1. The van der Waals surface area contributed by atoms with E-state index < -0.39 is 29.9 Å². The van der Waals surface area contributed by atoms with Crippen LogP contribution in [0.1, 0.15) is 19.5 Å². The average molecular weight is 452 g/mol. The second-order valence-electron chi connectivity index (χ2n) is 8.01. The fourth-order valence-corrected chi connectivity index (χ4v) is 2.94. The van der Waals surface area contributed by atoms with E-state index in [0.717, 1.165) is 5.56 Å². The molecule has 33 heavy (non-hydrogen) atoms. The standard InChI is InChI=1S/C25H25FN2O5/c1-25(2,32)24(31)28-22(15-29)23(30)14-18-4-3-5-21(27-18)16-6-10-19(11-7-16)33-20-12-8-17(26)9-13-20/h3-13,22,29,32H,14-15H2,1-2H3,(H,28,31)/t22-/m0/s1. The van der Waals surface area contributed by atoms with Crippen molar-refractivity contribution >= 4 is 11.7 Å². The maximum absolute atomic E-state index is 13.0. The summed E-state index contributed by atoms with van der Waals surface area (Å²) in [5.41, 5.74) is 0.234. The number of aliphatic hydroxyl groups excluding tert-OH is 1. The number of carbonyl (C=O) groups is 2. The smallest absolute Gasteiger partial charge is 0.252 e. The molecule has 0 aliphatic carbocycles. The maximum Gasteiger partial charge on any atom is 0.252 e. The number of amides is 1. The number of pyridine rings is 1. The summed E-state index contributed by atoms with van der Waals surface area (Å²) in [5.74, 6) is -0.433. The molecule has 3 N–H and O–H groups in total. The van der Waals surface area contributed by atoms with E-state index in [1.54, 1.807) is 30.3 Å². The Labute approximate surface area is 190 Å². The Bertz CT molecular complexity index is 1110. The van der Waals surface area contributed by atoms with E-state index in [9.17, 15) is 24.2 Å². The normalized spacial score (nSPS) is 12.2. The van der Waals surface area contributed by atoms with Gasteiger partial charge < -0.3 is 20.3 Å². The van der Waals surface area contributed by atoms with Crippen molar-refractivity contribution in [3.05, 3.63) is 78.2 Å². The molecular weight excluding hydrogens is 427 g/mol.